The fourth-order valence-corrected chi connectivity index (χ4v) is 2.57. The maximum absolute atomic E-state index is 12.6. The standard InChI is InChI=1S/C20H20N4O3/c1-21-19(25)13-14-5-3-4-6-17(14)22-20(26)18-11-12-24(23-18)15-7-9-16(27-2)10-8-15/h3-12H,13H2,1-2H3,(H,21,25)(H,22,26). The third kappa shape index (κ3) is 4.33. The summed E-state index contributed by atoms with van der Waals surface area (Å²) in [5.41, 5.74) is 2.42. The molecular weight excluding hydrogens is 344 g/mol. The Labute approximate surface area is 157 Å². The molecule has 0 atom stereocenters. The molecule has 0 saturated heterocycles. The molecule has 1 aromatic heterocycles. The lowest BCUT2D eigenvalue weighted by atomic mass is 10.1. The van der Waals surface area contributed by atoms with Gasteiger partial charge in [-0.05, 0) is 42.0 Å². The number of aromatic nitrogens is 2. The summed E-state index contributed by atoms with van der Waals surface area (Å²) in [5, 5.41) is 9.73. The fraction of sp³-hybridized carbons (Fsp3) is 0.150. The van der Waals surface area contributed by atoms with E-state index in [1.165, 1.54) is 0 Å². The third-order valence-electron chi connectivity index (χ3n) is 4.05. The molecule has 7 nitrogen and oxygen atoms in total. The largest absolute Gasteiger partial charge is 0.497 e. The summed E-state index contributed by atoms with van der Waals surface area (Å²) in [6.45, 7) is 0. The van der Waals surface area contributed by atoms with Gasteiger partial charge in [-0.25, -0.2) is 4.68 Å². The Hall–Kier alpha value is -3.61. The number of nitrogens with zero attached hydrogens (tertiary/aromatic N) is 2. The topological polar surface area (TPSA) is 85.2 Å². The second-order valence-electron chi connectivity index (χ2n) is 5.80. The Morgan fingerprint density at radius 2 is 1.81 bits per heavy atom. The van der Waals surface area contributed by atoms with Gasteiger partial charge in [-0.3, -0.25) is 9.59 Å². The molecule has 0 fully saturated rings. The van der Waals surface area contributed by atoms with Crippen LogP contribution in [0.15, 0.2) is 60.8 Å². The number of carbonyl (C=O) groups is 2. The Morgan fingerprint density at radius 1 is 1.07 bits per heavy atom. The molecule has 2 aromatic carbocycles. The molecule has 2 amide bonds. The summed E-state index contributed by atoms with van der Waals surface area (Å²) >= 11 is 0. The zero-order chi connectivity index (χ0) is 19.2. The van der Waals surface area contributed by atoms with E-state index in [1.807, 2.05) is 30.3 Å². The van der Waals surface area contributed by atoms with E-state index in [9.17, 15) is 9.59 Å². The first-order valence-corrected chi connectivity index (χ1v) is 8.40. The third-order valence-corrected chi connectivity index (χ3v) is 4.05. The Bertz CT molecular complexity index is 948. The van der Waals surface area contributed by atoms with Crippen molar-refractivity contribution in [2.24, 2.45) is 0 Å². The molecule has 0 bridgehead atoms. The first-order chi connectivity index (χ1) is 13.1. The first-order valence-electron chi connectivity index (χ1n) is 8.40. The molecule has 7 heteroatoms. The van der Waals surface area contributed by atoms with Gasteiger partial charge < -0.3 is 15.4 Å². The molecule has 0 saturated carbocycles. The average Bonchev–Trinajstić information content (AvgIpc) is 3.20. The van der Waals surface area contributed by atoms with Crippen molar-refractivity contribution >= 4 is 17.5 Å². The molecule has 27 heavy (non-hydrogen) atoms. The number of methoxy groups -OCH3 is 1. The zero-order valence-corrected chi connectivity index (χ0v) is 15.1. The van der Waals surface area contributed by atoms with Crippen molar-refractivity contribution in [3.63, 3.8) is 0 Å². The van der Waals surface area contributed by atoms with Crippen LogP contribution in [0.3, 0.4) is 0 Å². The number of para-hydroxylation sites is 1. The second-order valence-corrected chi connectivity index (χ2v) is 5.80. The lowest BCUT2D eigenvalue weighted by Gasteiger charge is -2.09. The number of carbonyl (C=O) groups excluding carboxylic acids is 2. The number of benzene rings is 2. The van der Waals surface area contributed by atoms with Crippen LogP contribution in [0.25, 0.3) is 5.69 Å². The predicted octanol–water partition coefficient (Wildman–Crippen LogP) is 2.42. The van der Waals surface area contributed by atoms with Crippen LogP contribution < -0.4 is 15.4 Å². The van der Waals surface area contributed by atoms with Crippen molar-refractivity contribution in [3.8, 4) is 11.4 Å². The number of hydrogen-bond acceptors (Lipinski definition) is 4. The number of anilines is 1. The van der Waals surface area contributed by atoms with Crippen LogP contribution in [-0.4, -0.2) is 35.8 Å². The molecule has 3 aromatic rings. The Balaban J connectivity index is 1.76. The van der Waals surface area contributed by atoms with E-state index >= 15 is 0 Å². The molecular formula is C20H20N4O3. The van der Waals surface area contributed by atoms with Gasteiger partial charge in [0.2, 0.25) is 5.91 Å². The summed E-state index contributed by atoms with van der Waals surface area (Å²) in [7, 11) is 3.18. The molecule has 3 rings (SSSR count). The van der Waals surface area contributed by atoms with Crippen LogP contribution in [0.5, 0.6) is 5.75 Å². The monoisotopic (exact) mass is 364 g/mol. The highest BCUT2D eigenvalue weighted by molar-refractivity contribution is 6.03. The minimum atomic E-state index is -0.341. The maximum Gasteiger partial charge on any atom is 0.276 e. The van der Waals surface area contributed by atoms with Crippen LogP contribution in [0, 0.1) is 0 Å². The van der Waals surface area contributed by atoms with E-state index in [0.29, 0.717) is 5.69 Å². The Morgan fingerprint density at radius 3 is 2.52 bits per heavy atom. The average molecular weight is 364 g/mol. The van der Waals surface area contributed by atoms with E-state index < -0.39 is 0 Å². The van der Waals surface area contributed by atoms with Crippen LogP contribution in [0.1, 0.15) is 16.1 Å². The lowest BCUT2D eigenvalue weighted by Crippen LogP contribution is -2.21. The van der Waals surface area contributed by atoms with E-state index in [4.69, 9.17) is 4.74 Å². The van der Waals surface area contributed by atoms with Crippen LogP contribution in [0.4, 0.5) is 5.69 Å². The number of rotatable bonds is 6. The molecule has 138 valence electrons. The molecule has 0 spiro atoms. The summed E-state index contributed by atoms with van der Waals surface area (Å²) in [6, 6.07) is 16.2. The van der Waals surface area contributed by atoms with Crippen molar-refractivity contribution in [2.75, 3.05) is 19.5 Å². The van der Waals surface area contributed by atoms with E-state index in [-0.39, 0.29) is 23.9 Å². The minimum Gasteiger partial charge on any atom is -0.497 e. The van der Waals surface area contributed by atoms with E-state index in [0.717, 1.165) is 17.0 Å². The Kier molecular flexibility index (Phi) is 5.51. The smallest absolute Gasteiger partial charge is 0.276 e. The fourth-order valence-electron chi connectivity index (χ4n) is 2.57. The highest BCUT2D eigenvalue weighted by atomic mass is 16.5. The first kappa shape index (κ1) is 18.2. The maximum atomic E-state index is 12.6. The van der Waals surface area contributed by atoms with Crippen molar-refractivity contribution < 1.29 is 14.3 Å². The van der Waals surface area contributed by atoms with Gasteiger partial charge in [0.15, 0.2) is 5.69 Å². The summed E-state index contributed by atoms with van der Waals surface area (Å²) in [6.07, 6.45) is 1.90. The SMILES string of the molecule is CNC(=O)Cc1ccccc1NC(=O)c1ccn(-c2ccc(OC)cc2)n1. The van der Waals surface area contributed by atoms with Gasteiger partial charge in [-0.2, -0.15) is 5.10 Å². The predicted molar refractivity (Wildman–Crippen MR) is 102 cm³/mol. The van der Waals surface area contributed by atoms with Crippen molar-refractivity contribution in [1.29, 1.82) is 0 Å². The quantitative estimate of drug-likeness (QED) is 0.703. The zero-order valence-electron chi connectivity index (χ0n) is 15.1. The molecule has 1 heterocycles. The number of likely N-dealkylation sites (N-methyl/N-ethyl adjacent to an activating group) is 1. The van der Waals surface area contributed by atoms with Crippen molar-refractivity contribution in [2.45, 2.75) is 6.42 Å². The van der Waals surface area contributed by atoms with Gasteiger partial charge in [-0.15, -0.1) is 0 Å². The van der Waals surface area contributed by atoms with Gasteiger partial charge in [0.1, 0.15) is 5.75 Å². The number of nitrogens with one attached hydrogen (secondary N) is 2. The van der Waals surface area contributed by atoms with Crippen LogP contribution in [0.2, 0.25) is 0 Å². The summed E-state index contributed by atoms with van der Waals surface area (Å²) in [5.74, 6) is 0.281. The second kappa shape index (κ2) is 8.18. The van der Waals surface area contributed by atoms with E-state index in [1.54, 1.807) is 49.3 Å². The summed E-state index contributed by atoms with van der Waals surface area (Å²) in [4.78, 5) is 24.2. The normalized spacial score (nSPS) is 10.3. The number of ether oxygens (including phenoxy) is 1. The lowest BCUT2D eigenvalue weighted by molar-refractivity contribution is -0.119. The minimum absolute atomic E-state index is 0.125. The highest BCUT2D eigenvalue weighted by Crippen LogP contribution is 2.18. The molecule has 0 radical (unpaired) electrons. The van der Waals surface area contributed by atoms with Gasteiger partial charge in [0, 0.05) is 18.9 Å². The van der Waals surface area contributed by atoms with Gasteiger partial charge in [0.25, 0.3) is 5.91 Å². The molecule has 0 aliphatic carbocycles. The highest BCUT2D eigenvalue weighted by Gasteiger charge is 2.13. The molecule has 0 aliphatic rings. The van der Waals surface area contributed by atoms with Gasteiger partial charge in [0.05, 0.1) is 19.2 Å². The number of hydrogen-bond donors (Lipinski definition) is 2. The molecule has 2 N–H and O–H groups in total. The molecule has 0 aliphatic heterocycles. The van der Waals surface area contributed by atoms with E-state index in [2.05, 4.69) is 15.7 Å². The number of amides is 2. The van der Waals surface area contributed by atoms with Crippen LogP contribution >= 0.6 is 0 Å². The van der Waals surface area contributed by atoms with Gasteiger partial charge in [-0.1, -0.05) is 18.2 Å². The van der Waals surface area contributed by atoms with Crippen LogP contribution in [-0.2, 0) is 11.2 Å². The van der Waals surface area contributed by atoms with Crippen molar-refractivity contribution in [1.82, 2.24) is 15.1 Å². The molecule has 0 unspecified atom stereocenters. The van der Waals surface area contributed by atoms with Gasteiger partial charge >= 0.3 is 0 Å². The van der Waals surface area contributed by atoms with Crippen molar-refractivity contribution in [3.05, 3.63) is 72.1 Å². The summed E-state index contributed by atoms with van der Waals surface area (Å²) < 4.78 is 6.76.